The molecule has 0 saturated carbocycles. The molecule has 0 saturated heterocycles. The Bertz CT molecular complexity index is 1400. The highest BCUT2D eigenvalue weighted by atomic mass is 19.1. The maximum absolute atomic E-state index is 15.8. The first-order valence-corrected chi connectivity index (χ1v) is 11.3. The molecule has 0 amide bonds. The molecule has 0 radical (unpaired) electrons. The van der Waals surface area contributed by atoms with Gasteiger partial charge >= 0.3 is 5.69 Å². The monoisotopic (exact) mass is 491 g/mol. The lowest BCUT2D eigenvalue weighted by Crippen LogP contribution is -2.18. The van der Waals surface area contributed by atoms with Crippen LogP contribution in [-0.4, -0.2) is 44.3 Å². The normalized spacial score (nSPS) is 11.8. The number of nitrogens with two attached hydrogens (primary N) is 1. The third-order valence-electron chi connectivity index (χ3n) is 5.53. The van der Waals surface area contributed by atoms with E-state index >= 15 is 4.39 Å². The van der Waals surface area contributed by atoms with E-state index in [9.17, 15) is 4.79 Å². The summed E-state index contributed by atoms with van der Waals surface area (Å²) >= 11 is 0. The fourth-order valence-corrected chi connectivity index (χ4v) is 3.73. The Balaban J connectivity index is 1.84. The molecule has 2 aromatic carbocycles. The summed E-state index contributed by atoms with van der Waals surface area (Å²) in [5, 5.41) is 12.0. The van der Waals surface area contributed by atoms with Gasteiger partial charge in [0.05, 0.1) is 19.6 Å². The molecule has 0 spiro atoms. The van der Waals surface area contributed by atoms with Gasteiger partial charge in [-0.2, -0.15) is 0 Å². The first kappa shape index (κ1) is 24.6. The first-order chi connectivity index (χ1) is 17.4. The average Bonchev–Trinajstić information content (AvgIpc) is 3.28. The van der Waals surface area contributed by atoms with E-state index in [1.54, 1.807) is 36.4 Å². The summed E-state index contributed by atoms with van der Waals surface area (Å²) in [6.45, 7) is 2.26. The Morgan fingerprint density at radius 3 is 2.58 bits per heavy atom. The van der Waals surface area contributed by atoms with E-state index in [-0.39, 0.29) is 35.3 Å². The van der Waals surface area contributed by atoms with Crippen LogP contribution in [0.25, 0.3) is 5.95 Å². The molecule has 0 aliphatic carbocycles. The number of hydrogen-bond acceptors (Lipinski definition) is 7. The van der Waals surface area contributed by atoms with Crippen LogP contribution in [0.2, 0.25) is 0 Å². The van der Waals surface area contributed by atoms with Crippen LogP contribution in [0, 0.1) is 11.2 Å². The molecule has 186 valence electrons. The van der Waals surface area contributed by atoms with Crippen molar-refractivity contribution in [2.24, 2.45) is 5.73 Å². The summed E-state index contributed by atoms with van der Waals surface area (Å²) in [7, 11) is 1.49. The molecule has 11 heteroatoms. The lowest BCUT2D eigenvalue weighted by atomic mass is 9.90. The average molecular weight is 492 g/mol. The number of methoxy groups -OCH3 is 1. The number of nitrogens with zero attached hydrogens (tertiary/aromatic N) is 4. The lowest BCUT2D eigenvalue weighted by Gasteiger charge is -2.19. The first-order valence-electron chi connectivity index (χ1n) is 11.3. The van der Waals surface area contributed by atoms with E-state index < -0.39 is 17.4 Å². The fraction of sp³-hybridized carbons (Fsp3) is 0.240. The maximum Gasteiger partial charge on any atom is 0.350 e. The van der Waals surface area contributed by atoms with Crippen LogP contribution in [0.15, 0.2) is 59.7 Å². The summed E-state index contributed by atoms with van der Waals surface area (Å²) in [4.78, 5) is 23.6. The molecule has 0 bridgehead atoms. The van der Waals surface area contributed by atoms with Crippen molar-refractivity contribution in [3.63, 3.8) is 0 Å². The van der Waals surface area contributed by atoms with Gasteiger partial charge < -0.3 is 15.2 Å². The predicted molar refractivity (Wildman–Crippen MR) is 132 cm³/mol. The molecule has 0 fully saturated rings. The number of aromatic amines is 1. The van der Waals surface area contributed by atoms with Gasteiger partial charge in [0.2, 0.25) is 0 Å². The number of nitrogens with one attached hydrogen (secondary N) is 2. The van der Waals surface area contributed by atoms with Crippen LogP contribution in [0.1, 0.15) is 41.8 Å². The number of nitrogen functional groups attached to an aromatic ring is 1. The van der Waals surface area contributed by atoms with Crippen molar-refractivity contribution in [3.05, 3.63) is 93.7 Å². The van der Waals surface area contributed by atoms with Crippen molar-refractivity contribution >= 4 is 5.84 Å². The van der Waals surface area contributed by atoms with E-state index in [1.165, 1.54) is 25.6 Å². The summed E-state index contributed by atoms with van der Waals surface area (Å²) in [5.74, 6) is -0.574. The third kappa shape index (κ3) is 5.24. The van der Waals surface area contributed by atoms with E-state index in [0.29, 0.717) is 24.3 Å². The zero-order valence-electron chi connectivity index (χ0n) is 19.9. The van der Waals surface area contributed by atoms with Crippen LogP contribution in [0.5, 0.6) is 11.5 Å². The molecule has 2 heterocycles. The molecule has 10 nitrogen and oxygen atoms in total. The zero-order chi connectivity index (χ0) is 25.7. The van der Waals surface area contributed by atoms with Crippen LogP contribution in [-0.2, 0) is 6.42 Å². The van der Waals surface area contributed by atoms with E-state index in [1.807, 2.05) is 6.92 Å². The van der Waals surface area contributed by atoms with Gasteiger partial charge in [0.15, 0.2) is 11.6 Å². The Labute approximate surface area is 206 Å². The molecule has 2 aromatic heterocycles. The van der Waals surface area contributed by atoms with Crippen molar-refractivity contribution in [2.75, 3.05) is 13.7 Å². The fourth-order valence-electron chi connectivity index (χ4n) is 3.73. The van der Waals surface area contributed by atoms with Gasteiger partial charge in [-0.15, -0.1) is 9.78 Å². The highest BCUT2D eigenvalue weighted by molar-refractivity contribution is 5.94. The Kier molecular flexibility index (Phi) is 7.38. The Morgan fingerprint density at radius 2 is 1.94 bits per heavy atom. The summed E-state index contributed by atoms with van der Waals surface area (Å²) in [6, 6.07) is 11.7. The van der Waals surface area contributed by atoms with E-state index in [2.05, 4.69) is 20.1 Å². The van der Waals surface area contributed by atoms with Gasteiger partial charge in [-0.3, -0.25) is 10.4 Å². The molecule has 4 rings (SSSR count). The molecular formula is C25H26FN7O3. The molecule has 36 heavy (non-hydrogen) atoms. The number of ether oxygens (including phenoxy) is 2. The molecular weight excluding hydrogens is 465 g/mol. The smallest absolute Gasteiger partial charge is 0.350 e. The molecule has 4 N–H and O–H groups in total. The standard InChI is InChI=1S/C25H26FN7O3/c1-3-11-36-20-14-17(35-2)13-18(21(20)26)19(12-15-5-7-16(8-6-15)22(27)28)23-31-25(34)33(32-23)24-29-9-4-10-30-24/h4-10,13-14,19H,3,11-12H2,1-2H3,(H3,27,28)(H,31,32,34). The second kappa shape index (κ2) is 10.8. The Hall–Kier alpha value is -4.54. The highest BCUT2D eigenvalue weighted by Gasteiger charge is 2.27. The van der Waals surface area contributed by atoms with Crippen LogP contribution >= 0.6 is 0 Å². The van der Waals surface area contributed by atoms with Gasteiger partial charge in [0.1, 0.15) is 17.4 Å². The van der Waals surface area contributed by atoms with Gasteiger partial charge in [-0.05, 0) is 30.5 Å². The van der Waals surface area contributed by atoms with Crippen molar-refractivity contribution in [1.82, 2.24) is 24.7 Å². The van der Waals surface area contributed by atoms with Crippen LogP contribution in [0.3, 0.4) is 0 Å². The Morgan fingerprint density at radius 1 is 1.22 bits per heavy atom. The molecule has 1 atom stereocenters. The van der Waals surface area contributed by atoms with Gasteiger partial charge in [-0.1, -0.05) is 31.2 Å². The number of hydrogen-bond donors (Lipinski definition) is 3. The van der Waals surface area contributed by atoms with Crippen molar-refractivity contribution < 1.29 is 13.9 Å². The number of rotatable bonds is 10. The third-order valence-corrected chi connectivity index (χ3v) is 5.53. The largest absolute Gasteiger partial charge is 0.497 e. The topological polar surface area (TPSA) is 145 Å². The van der Waals surface area contributed by atoms with Crippen molar-refractivity contribution in [3.8, 4) is 17.4 Å². The summed E-state index contributed by atoms with van der Waals surface area (Å²) in [5.41, 5.74) is 6.64. The van der Waals surface area contributed by atoms with Gasteiger partial charge in [-0.25, -0.2) is 19.2 Å². The van der Waals surface area contributed by atoms with E-state index in [0.717, 1.165) is 10.2 Å². The minimum atomic E-state index is -0.718. The molecule has 1 unspecified atom stereocenters. The van der Waals surface area contributed by atoms with Crippen molar-refractivity contribution in [2.45, 2.75) is 25.7 Å². The van der Waals surface area contributed by atoms with Crippen LogP contribution in [0.4, 0.5) is 4.39 Å². The number of amidine groups is 1. The summed E-state index contributed by atoms with van der Waals surface area (Å²) in [6.07, 6.45) is 3.97. The maximum atomic E-state index is 15.8. The number of benzene rings is 2. The quantitative estimate of drug-likeness (QED) is 0.228. The lowest BCUT2D eigenvalue weighted by molar-refractivity contribution is 0.296. The van der Waals surface area contributed by atoms with Crippen LogP contribution < -0.4 is 20.9 Å². The number of H-pyrrole nitrogens is 1. The van der Waals surface area contributed by atoms with Crippen molar-refractivity contribution in [1.29, 1.82) is 5.41 Å². The minimum absolute atomic E-state index is 0.0521. The second-order valence-corrected chi connectivity index (χ2v) is 8.02. The minimum Gasteiger partial charge on any atom is -0.497 e. The number of aromatic nitrogens is 5. The van der Waals surface area contributed by atoms with Gasteiger partial charge in [0.25, 0.3) is 5.95 Å². The summed E-state index contributed by atoms with van der Waals surface area (Å²) < 4.78 is 27.9. The predicted octanol–water partition coefficient (Wildman–Crippen LogP) is 2.95. The van der Waals surface area contributed by atoms with E-state index in [4.69, 9.17) is 20.6 Å². The second-order valence-electron chi connectivity index (χ2n) is 8.02. The molecule has 0 aliphatic rings. The molecule has 4 aromatic rings. The SMILES string of the molecule is CCCOc1cc(OC)cc(C(Cc2ccc(C(=N)N)cc2)c2nn(-c3ncccn3)c(=O)[nH]2)c1F. The zero-order valence-corrected chi connectivity index (χ0v) is 19.9. The van der Waals surface area contributed by atoms with Gasteiger partial charge in [0, 0.05) is 29.6 Å². The number of halogens is 1. The molecule has 0 aliphatic heterocycles. The highest BCUT2D eigenvalue weighted by Crippen LogP contribution is 2.36.